The number of carbonyl (C=O) groups excluding carboxylic acids is 3. The van der Waals surface area contributed by atoms with E-state index in [1.165, 1.54) is 4.90 Å². The number of primary amides is 1. The number of ether oxygens (including phenoxy) is 2. The fourth-order valence-corrected chi connectivity index (χ4v) is 5.17. The maximum Gasteiger partial charge on any atom is 0.306 e. The molecular formula is C34H36N4O5. The number of carbonyl (C=O) groups is 3. The molecule has 9 heteroatoms. The molecule has 0 spiro atoms. The third kappa shape index (κ3) is 6.94. The topological polar surface area (TPSA) is 117 Å². The number of hydrogen-bond acceptors (Lipinski definition) is 6. The Bertz CT molecular complexity index is 1640. The van der Waals surface area contributed by atoms with Crippen LogP contribution in [0.4, 0.5) is 0 Å². The number of benzene rings is 3. The Balaban J connectivity index is 1.28. The molecule has 1 unspecified atom stereocenters. The fourth-order valence-electron chi connectivity index (χ4n) is 5.17. The third-order valence-corrected chi connectivity index (χ3v) is 7.22. The van der Waals surface area contributed by atoms with Crippen LogP contribution in [-0.2, 0) is 34.5 Å². The predicted octanol–water partition coefficient (Wildman–Crippen LogP) is 5.26. The first-order chi connectivity index (χ1) is 20.5. The molecule has 2 amide bonds. The van der Waals surface area contributed by atoms with Crippen molar-refractivity contribution < 1.29 is 23.9 Å². The Hall–Kier alpha value is -4.92. The molecule has 43 heavy (non-hydrogen) atoms. The van der Waals surface area contributed by atoms with Crippen LogP contribution in [-0.4, -0.2) is 43.9 Å². The quantitative estimate of drug-likeness (QED) is 0.256. The molecule has 0 saturated heterocycles. The zero-order valence-corrected chi connectivity index (χ0v) is 24.9. The van der Waals surface area contributed by atoms with Gasteiger partial charge in [0.05, 0.1) is 5.69 Å². The molecule has 1 aromatic heterocycles. The summed E-state index contributed by atoms with van der Waals surface area (Å²) in [7, 11) is 1.94. The van der Waals surface area contributed by atoms with Gasteiger partial charge in [-0.1, -0.05) is 36.4 Å². The van der Waals surface area contributed by atoms with Crippen LogP contribution < -0.4 is 10.5 Å². The first-order valence-electron chi connectivity index (χ1n) is 14.2. The van der Waals surface area contributed by atoms with E-state index in [1.54, 1.807) is 26.8 Å². The van der Waals surface area contributed by atoms with Gasteiger partial charge in [-0.15, -0.1) is 0 Å². The number of nitrogens with zero attached hydrogens (tertiary/aromatic N) is 3. The molecule has 0 saturated carbocycles. The summed E-state index contributed by atoms with van der Waals surface area (Å²) in [5.41, 5.74) is 9.97. The van der Waals surface area contributed by atoms with E-state index in [1.807, 2.05) is 84.5 Å². The summed E-state index contributed by atoms with van der Waals surface area (Å²) in [6, 6.07) is 22.4. The second kappa shape index (κ2) is 12.1. The van der Waals surface area contributed by atoms with Crippen LogP contribution in [0, 0.1) is 0 Å². The van der Waals surface area contributed by atoms with Crippen molar-refractivity contribution in [2.24, 2.45) is 12.8 Å². The van der Waals surface area contributed by atoms with Crippen LogP contribution in [0.1, 0.15) is 55.1 Å². The van der Waals surface area contributed by atoms with Gasteiger partial charge in [-0.05, 0) is 74.7 Å². The third-order valence-electron chi connectivity index (χ3n) is 7.22. The molecule has 1 aliphatic heterocycles. The second-order valence-electron chi connectivity index (χ2n) is 11.7. The van der Waals surface area contributed by atoms with Crippen LogP contribution in [0.2, 0.25) is 0 Å². The zero-order valence-electron chi connectivity index (χ0n) is 24.9. The summed E-state index contributed by atoms with van der Waals surface area (Å²) >= 11 is 0. The van der Waals surface area contributed by atoms with E-state index in [0.717, 1.165) is 39.5 Å². The van der Waals surface area contributed by atoms with Crippen molar-refractivity contribution in [1.82, 2.24) is 14.5 Å². The van der Waals surface area contributed by atoms with E-state index in [4.69, 9.17) is 20.2 Å². The first-order valence-corrected chi connectivity index (χ1v) is 14.2. The maximum atomic E-state index is 13.2. The molecule has 1 aliphatic rings. The lowest BCUT2D eigenvalue weighted by Crippen LogP contribution is -2.45. The van der Waals surface area contributed by atoms with Gasteiger partial charge in [-0.2, -0.15) is 0 Å². The normalized spacial score (nSPS) is 13.5. The minimum absolute atomic E-state index is 0.0207. The molecule has 9 nitrogen and oxygen atoms in total. The highest BCUT2D eigenvalue weighted by atomic mass is 16.6. The summed E-state index contributed by atoms with van der Waals surface area (Å²) in [5.74, 6) is 0.182. The summed E-state index contributed by atoms with van der Waals surface area (Å²) in [4.78, 5) is 44.1. The number of nitrogens with two attached hydrogens (primary N) is 1. The van der Waals surface area contributed by atoms with E-state index in [0.29, 0.717) is 12.2 Å². The highest BCUT2D eigenvalue weighted by molar-refractivity contribution is 6.01. The molecule has 5 rings (SSSR count). The van der Waals surface area contributed by atoms with Crippen LogP contribution in [0.15, 0.2) is 79.0 Å². The smallest absolute Gasteiger partial charge is 0.306 e. The van der Waals surface area contributed by atoms with Crippen molar-refractivity contribution in [2.75, 3.05) is 0 Å². The van der Waals surface area contributed by atoms with Gasteiger partial charge < -0.3 is 24.7 Å². The molecule has 2 heterocycles. The number of amides is 2. The lowest BCUT2D eigenvalue weighted by molar-refractivity contribution is -0.155. The average Bonchev–Trinajstić information content (AvgIpc) is 3.51. The number of esters is 1. The van der Waals surface area contributed by atoms with E-state index >= 15 is 0 Å². The van der Waals surface area contributed by atoms with Gasteiger partial charge in [0.1, 0.15) is 29.8 Å². The molecule has 222 valence electrons. The lowest BCUT2D eigenvalue weighted by atomic mass is 10.0. The highest BCUT2D eigenvalue weighted by Gasteiger charge is 2.36. The van der Waals surface area contributed by atoms with Crippen LogP contribution in [0.3, 0.4) is 0 Å². The van der Waals surface area contributed by atoms with Gasteiger partial charge in [0, 0.05) is 42.9 Å². The molecule has 3 aromatic carbocycles. The Kier molecular flexibility index (Phi) is 8.34. The SMILES string of the molecule is Cn1cc(-c2ccc3c(c2)CN(C(CCC(=O)OC(C)(C)C)C(N)=O)C3=O)nc1-c1ccc(OCc2ccccc2)cc1. The van der Waals surface area contributed by atoms with Gasteiger partial charge in [0.2, 0.25) is 5.91 Å². The van der Waals surface area contributed by atoms with E-state index in [-0.39, 0.29) is 25.3 Å². The van der Waals surface area contributed by atoms with Crippen molar-refractivity contribution in [1.29, 1.82) is 0 Å². The van der Waals surface area contributed by atoms with Gasteiger partial charge in [0.25, 0.3) is 5.91 Å². The standard InChI is InChI=1S/C34H36N4O5/c1-34(2,3)43-30(39)17-16-29(31(35)40)38-19-25-18-24(12-15-27(25)33(38)41)28-20-37(4)32(36-28)23-10-13-26(14-11-23)42-21-22-8-6-5-7-9-22/h5-15,18,20,29H,16-17,19,21H2,1-4H3,(H2,35,40). The van der Waals surface area contributed by atoms with E-state index < -0.39 is 23.5 Å². The number of rotatable bonds is 10. The van der Waals surface area contributed by atoms with Crippen molar-refractivity contribution in [3.8, 4) is 28.4 Å². The van der Waals surface area contributed by atoms with Crippen molar-refractivity contribution in [3.05, 3.63) is 95.7 Å². The molecule has 4 aromatic rings. The van der Waals surface area contributed by atoms with E-state index in [9.17, 15) is 14.4 Å². The van der Waals surface area contributed by atoms with Gasteiger partial charge in [-0.3, -0.25) is 14.4 Å². The predicted molar refractivity (Wildman–Crippen MR) is 163 cm³/mol. The number of fused-ring (bicyclic) bond motifs is 1. The molecule has 1 atom stereocenters. The maximum absolute atomic E-state index is 13.2. The van der Waals surface area contributed by atoms with Gasteiger partial charge in [-0.25, -0.2) is 4.98 Å². The minimum Gasteiger partial charge on any atom is -0.489 e. The summed E-state index contributed by atoms with van der Waals surface area (Å²) in [6.07, 6.45) is 2.02. The van der Waals surface area contributed by atoms with Crippen molar-refractivity contribution >= 4 is 17.8 Å². The average molecular weight is 581 g/mol. The zero-order chi connectivity index (χ0) is 30.7. The number of imidazole rings is 1. The molecule has 0 bridgehead atoms. The van der Waals surface area contributed by atoms with Crippen LogP contribution >= 0.6 is 0 Å². The monoisotopic (exact) mass is 580 g/mol. The van der Waals surface area contributed by atoms with E-state index in [2.05, 4.69) is 0 Å². The first kappa shape index (κ1) is 29.6. The van der Waals surface area contributed by atoms with Crippen molar-refractivity contribution in [3.63, 3.8) is 0 Å². The van der Waals surface area contributed by atoms with Crippen LogP contribution in [0.25, 0.3) is 22.6 Å². The van der Waals surface area contributed by atoms with Gasteiger partial charge in [0.15, 0.2) is 0 Å². The Labute approximate surface area is 251 Å². The van der Waals surface area contributed by atoms with Gasteiger partial charge >= 0.3 is 5.97 Å². The number of aromatic nitrogens is 2. The lowest BCUT2D eigenvalue weighted by Gasteiger charge is -2.25. The Morgan fingerprint density at radius 2 is 1.70 bits per heavy atom. The Morgan fingerprint density at radius 1 is 1.00 bits per heavy atom. The number of hydrogen-bond donors (Lipinski definition) is 1. The molecule has 0 aliphatic carbocycles. The molecule has 0 radical (unpaired) electrons. The summed E-state index contributed by atoms with van der Waals surface area (Å²) in [6.45, 7) is 6.04. The number of aryl methyl sites for hydroxylation is 1. The molecule has 2 N–H and O–H groups in total. The second-order valence-corrected chi connectivity index (χ2v) is 11.7. The summed E-state index contributed by atoms with van der Waals surface area (Å²) < 4.78 is 13.2. The fraction of sp³-hybridized carbons (Fsp3) is 0.294. The minimum atomic E-state index is -0.919. The Morgan fingerprint density at radius 3 is 2.37 bits per heavy atom. The highest BCUT2D eigenvalue weighted by Crippen LogP contribution is 2.32. The molecular weight excluding hydrogens is 544 g/mol. The summed E-state index contributed by atoms with van der Waals surface area (Å²) in [5, 5.41) is 0. The largest absolute Gasteiger partial charge is 0.489 e. The molecule has 0 fully saturated rings. The van der Waals surface area contributed by atoms with Crippen molar-refractivity contribution in [2.45, 2.75) is 58.4 Å². The van der Waals surface area contributed by atoms with Crippen LogP contribution in [0.5, 0.6) is 5.75 Å².